The van der Waals surface area contributed by atoms with Crippen LogP contribution in [0.4, 0.5) is 4.39 Å². The molecule has 0 atom stereocenters. The third kappa shape index (κ3) is 2.14. The maximum absolute atomic E-state index is 13.8. The molecule has 17 heavy (non-hydrogen) atoms. The summed E-state index contributed by atoms with van der Waals surface area (Å²) in [5.74, 6) is 0.437. The highest BCUT2D eigenvalue weighted by Crippen LogP contribution is 2.34. The first-order chi connectivity index (χ1) is 8.27. The third-order valence-electron chi connectivity index (χ3n) is 2.43. The van der Waals surface area contributed by atoms with Crippen molar-refractivity contribution in [3.63, 3.8) is 0 Å². The summed E-state index contributed by atoms with van der Waals surface area (Å²) in [6.45, 7) is 0.552. The number of hydrogen-bond donors (Lipinski definition) is 1. The molecule has 0 aliphatic heterocycles. The van der Waals surface area contributed by atoms with Crippen LogP contribution in [-0.2, 0) is 6.54 Å². The van der Waals surface area contributed by atoms with Crippen molar-refractivity contribution in [2.45, 2.75) is 6.54 Å². The van der Waals surface area contributed by atoms with Gasteiger partial charge in [-0.15, -0.1) is 0 Å². The van der Waals surface area contributed by atoms with Gasteiger partial charge in [-0.2, -0.15) is 0 Å². The normalized spacial score (nSPS) is 10.5. The van der Waals surface area contributed by atoms with Gasteiger partial charge in [-0.25, -0.2) is 4.39 Å². The molecule has 0 radical (unpaired) electrons. The van der Waals surface area contributed by atoms with Crippen LogP contribution in [0.3, 0.4) is 0 Å². The van der Waals surface area contributed by atoms with Crippen LogP contribution in [0.25, 0.3) is 11.3 Å². The molecule has 1 heterocycles. The zero-order valence-corrected chi connectivity index (χ0v) is 9.66. The maximum atomic E-state index is 13.8. The molecule has 0 bridgehead atoms. The second kappa shape index (κ2) is 4.97. The van der Waals surface area contributed by atoms with Crippen LogP contribution in [0, 0.1) is 5.82 Å². The molecule has 0 aliphatic carbocycles. The van der Waals surface area contributed by atoms with E-state index in [1.54, 1.807) is 25.4 Å². The van der Waals surface area contributed by atoms with Gasteiger partial charge in [0.15, 0.2) is 5.76 Å². The van der Waals surface area contributed by atoms with Gasteiger partial charge in [-0.1, -0.05) is 11.2 Å². The standard InChI is InChI=1S/C12H13FN2O2/c1-14-6-8-7-15-17-12(8)11-9(13)4-3-5-10(11)16-2/h3-5,7,14H,6H2,1-2H3. The first kappa shape index (κ1) is 11.6. The molecule has 0 fully saturated rings. The molecule has 0 spiro atoms. The van der Waals surface area contributed by atoms with E-state index in [0.29, 0.717) is 23.6 Å². The van der Waals surface area contributed by atoms with Gasteiger partial charge in [0.05, 0.1) is 18.9 Å². The van der Waals surface area contributed by atoms with Crippen molar-refractivity contribution in [3.05, 3.63) is 35.8 Å². The summed E-state index contributed by atoms with van der Waals surface area (Å²) < 4.78 is 24.1. The SMILES string of the molecule is CNCc1cnoc1-c1c(F)cccc1OC. The molecule has 4 nitrogen and oxygen atoms in total. The van der Waals surface area contributed by atoms with Crippen molar-refractivity contribution < 1.29 is 13.7 Å². The van der Waals surface area contributed by atoms with Crippen LogP contribution >= 0.6 is 0 Å². The van der Waals surface area contributed by atoms with Crippen molar-refractivity contribution in [2.75, 3.05) is 14.2 Å². The molecule has 1 N–H and O–H groups in total. The molecule has 0 saturated carbocycles. The number of ether oxygens (including phenoxy) is 1. The number of aromatic nitrogens is 1. The minimum absolute atomic E-state index is 0.303. The van der Waals surface area contributed by atoms with E-state index in [0.717, 1.165) is 5.56 Å². The molecule has 0 saturated heterocycles. The molecule has 2 rings (SSSR count). The lowest BCUT2D eigenvalue weighted by Gasteiger charge is -2.08. The molecule has 0 unspecified atom stereocenters. The lowest BCUT2D eigenvalue weighted by Crippen LogP contribution is -2.05. The van der Waals surface area contributed by atoms with Crippen LogP contribution in [0.1, 0.15) is 5.56 Å². The first-order valence-electron chi connectivity index (χ1n) is 5.19. The van der Waals surface area contributed by atoms with Crippen molar-refractivity contribution in [3.8, 4) is 17.1 Å². The van der Waals surface area contributed by atoms with Gasteiger partial charge in [0.2, 0.25) is 0 Å². The van der Waals surface area contributed by atoms with Gasteiger partial charge in [0.25, 0.3) is 0 Å². The smallest absolute Gasteiger partial charge is 0.178 e. The van der Waals surface area contributed by atoms with Crippen molar-refractivity contribution in [1.29, 1.82) is 0 Å². The minimum Gasteiger partial charge on any atom is -0.496 e. The highest BCUT2D eigenvalue weighted by molar-refractivity contribution is 5.68. The molecule has 0 amide bonds. The van der Waals surface area contributed by atoms with Crippen LogP contribution < -0.4 is 10.1 Å². The zero-order chi connectivity index (χ0) is 12.3. The van der Waals surface area contributed by atoms with E-state index >= 15 is 0 Å². The van der Waals surface area contributed by atoms with Gasteiger partial charge >= 0.3 is 0 Å². The van der Waals surface area contributed by atoms with Crippen molar-refractivity contribution in [1.82, 2.24) is 10.5 Å². The second-order valence-electron chi connectivity index (χ2n) is 3.53. The zero-order valence-electron chi connectivity index (χ0n) is 9.66. The van der Waals surface area contributed by atoms with Crippen LogP contribution in [0.2, 0.25) is 0 Å². The fraction of sp³-hybridized carbons (Fsp3) is 0.250. The molecule has 90 valence electrons. The minimum atomic E-state index is -0.390. The van der Waals surface area contributed by atoms with Gasteiger partial charge in [0, 0.05) is 12.1 Å². The average molecular weight is 236 g/mol. The predicted octanol–water partition coefficient (Wildman–Crippen LogP) is 2.21. The fourth-order valence-electron chi connectivity index (χ4n) is 1.68. The Kier molecular flexibility index (Phi) is 3.39. The Hall–Kier alpha value is -1.88. The summed E-state index contributed by atoms with van der Waals surface area (Å²) in [7, 11) is 3.29. The molecular formula is C12H13FN2O2. The Morgan fingerprint density at radius 3 is 3.00 bits per heavy atom. The van der Waals surface area contributed by atoms with Crippen molar-refractivity contribution >= 4 is 0 Å². The highest BCUT2D eigenvalue weighted by atomic mass is 19.1. The van der Waals surface area contributed by atoms with Crippen LogP contribution in [-0.4, -0.2) is 19.3 Å². The van der Waals surface area contributed by atoms with E-state index in [2.05, 4.69) is 10.5 Å². The number of nitrogens with zero attached hydrogens (tertiary/aromatic N) is 1. The van der Waals surface area contributed by atoms with Crippen LogP contribution in [0.15, 0.2) is 28.9 Å². The first-order valence-corrected chi connectivity index (χ1v) is 5.19. The van der Waals surface area contributed by atoms with Crippen LogP contribution in [0.5, 0.6) is 5.75 Å². The molecule has 1 aromatic carbocycles. The topological polar surface area (TPSA) is 47.3 Å². The summed E-state index contributed by atoms with van der Waals surface area (Å²) >= 11 is 0. The number of methoxy groups -OCH3 is 1. The van der Waals surface area contributed by atoms with E-state index in [1.165, 1.54) is 13.2 Å². The van der Waals surface area contributed by atoms with E-state index in [4.69, 9.17) is 9.26 Å². The van der Waals surface area contributed by atoms with E-state index in [-0.39, 0.29) is 0 Å². The van der Waals surface area contributed by atoms with E-state index < -0.39 is 5.82 Å². The van der Waals surface area contributed by atoms with Crippen molar-refractivity contribution in [2.24, 2.45) is 0 Å². The molecule has 5 heteroatoms. The largest absolute Gasteiger partial charge is 0.496 e. The Morgan fingerprint density at radius 1 is 1.47 bits per heavy atom. The fourth-order valence-corrected chi connectivity index (χ4v) is 1.68. The highest BCUT2D eigenvalue weighted by Gasteiger charge is 2.19. The molecular weight excluding hydrogens is 223 g/mol. The summed E-state index contributed by atoms with van der Waals surface area (Å²) in [6.07, 6.45) is 1.57. The summed E-state index contributed by atoms with van der Waals surface area (Å²) in [5.41, 5.74) is 1.09. The Bertz CT molecular complexity index is 511. The summed E-state index contributed by atoms with van der Waals surface area (Å²) in [5, 5.41) is 6.67. The Morgan fingerprint density at radius 2 is 2.29 bits per heavy atom. The number of rotatable bonds is 4. The Balaban J connectivity index is 2.55. The summed E-state index contributed by atoms with van der Waals surface area (Å²) in [6, 6.07) is 4.64. The lowest BCUT2D eigenvalue weighted by atomic mass is 10.1. The predicted molar refractivity (Wildman–Crippen MR) is 61.2 cm³/mol. The third-order valence-corrected chi connectivity index (χ3v) is 2.43. The number of benzene rings is 1. The van der Waals surface area contributed by atoms with E-state index in [1.807, 2.05) is 0 Å². The Labute approximate surface area is 98.4 Å². The van der Waals surface area contributed by atoms with E-state index in [9.17, 15) is 4.39 Å². The quantitative estimate of drug-likeness (QED) is 0.884. The monoisotopic (exact) mass is 236 g/mol. The number of hydrogen-bond acceptors (Lipinski definition) is 4. The van der Waals surface area contributed by atoms with Gasteiger partial charge in [0.1, 0.15) is 11.6 Å². The molecule has 2 aromatic rings. The second-order valence-corrected chi connectivity index (χ2v) is 3.53. The van der Waals surface area contributed by atoms with Gasteiger partial charge in [-0.05, 0) is 19.2 Å². The maximum Gasteiger partial charge on any atom is 0.178 e. The van der Waals surface area contributed by atoms with Gasteiger partial charge < -0.3 is 14.6 Å². The average Bonchev–Trinajstić information content (AvgIpc) is 2.77. The lowest BCUT2D eigenvalue weighted by molar-refractivity contribution is 0.401. The van der Waals surface area contributed by atoms with Gasteiger partial charge in [-0.3, -0.25) is 0 Å². The number of nitrogens with one attached hydrogen (secondary N) is 1. The summed E-state index contributed by atoms with van der Waals surface area (Å²) in [4.78, 5) is 0. The molecule has 1 aromatic heterocycles. The molecule has 0 aliphatic rings. The number of halogens is 1.